The zero-order chi connectivity index (χ0) is 34.7. The molecule has 1 aliphatic carbocycles. The second kappa shape index (κ2) is 11.4. The normalized spacial score (nSPS) is 16.5. The van der Waals surface area contributed by atoms with Gasteiger partial charge in [0.15, 0.2) is 0 Å². The van der Waals surface area contributed by atoms with Crippen LogP contribution in [0, 0.1) is 0 Å². The number of fused-ring (bicyclic) bond motifs is 1. The molecule has 22 heteroatoms. The second-order valence-corrected chi connectivity index (χ2v) is 10.8. The van der Waals surface area contributed by atoms with Crippen molar-refractivity contribution in [3.8, 4) is 0 Å². The fourth-order valence-corrected chi connectivity index (χ4v) is 5.08. The van der Waals surface area contributed by atoms with E-state index >= 15 is 0 Å². The monoisotopic (exact) mass is 699 g/mol. The Morgan fingerprint density at radius 2 is 1.09 bits per heavy atom. The van der Waals surface area contributed by atoms with Crippen LogP contribution in [0.5, 0.6) is 0 Å². The molecule has 0 atom stereocenters. The summed E-state index contributed by atoms with van der Waals surface area (Å²) in [7, 11) is 0. The van der Waals surface area contributed by atoms with Gasteiger partial charge in [-0.2, -0.15) is 74.6 Å². The van der Waals surface area contributed by atoms with Crippen LogP contribution in [-0.4, -0.2) is 65.6 Å². The van der Waals surface area contributed by atoms with E-state index in [0.717, 1.165) is 5.32 Å². The average Bonchev–Trinajstić information content (AvgIpc) is 3.02. The minimum absolute atomic E-state index is 0.00688. The number of rotatable bonds is 10. The Hall–Kier alpha value is -2.55. The molecule has 0 radical (unpaired) electrons. The molecule has 0 unspecified atom stereocenters. The van der Waals surface area contributed by atoms with E-state index in [1.54, 1.807) is 0 Å². The summed E-state index contributed by atoms with van der Waals surface area (Å²) in [6.45, 7) is 2.56. The lowest BCUT2D eigenvalue weighted by Crippen LogP contribution is -2.75. The molecular weight excluding hydrogens is 681 g/mol. The third-order valence-corrected chi connectivity index (χ3v) is 7.41. The van der Waals surface area contributed by atoms with Crippen LogP contribution in [0.3, 0.4) is 0 Å². The van der Waals surface area contributed by atoms with E-state index in [1.165, 1.54) is 13.8 Å². The minimum Gasteiger partial charge on any atom is -0.459 e. The Balaban J connectivity index is 2.60. The van der Waals surface area contributed by atoms with Crippen molar-refractivity contribution in [2.24, 2.45) is 0 Å². The van der Waals surface area contributed by atoms with Crippen molar-refractivity contribution in [1.29, 1.82) is 0 Å². The summed E-state index contributed by atoms with van der Waals surface area (Å²) >= 11 is 0.256. The number of halogens is 17. The zero-order valence-electron chi connectivity index (χ0n) is 21.7. The van der Waals surface area contributed by atoms with E-state index in [2.05, 4.69) is 0 Å². The van der Waals surface area contributed by atoms with Crippen LogP contribution >= 0.6 is 11.3 Å². The Labute approximate surface area is 238 Å². The summed E-state index contributed by atoms with van der Waals surface area (Å²) in [6.07, 6.45) is -7.38. The smallest absolute Gasteiger partial charge is 0.459 e. The highest BCUT2D eigenvalue weighted by atomic mass is 32.1. The van der Waals surface area contributed by atoms with Gasteiger partial charge >= 0.3 is 59.5 Å². The maximum Gasteiger partial charge on any atom is 0.460 e. The molecule has 0 fully saturated rings. The van der Waals surface area contributed by atoms with Gasteiger partial charge in [0.1, 0.15) is 5.00 Å². The van der Waals surface area contributed by atoms with Gasteiger partial charge < -0.3 is 10.1 Å². The van der Waals surface area contributed by atoms with Crippen molar-refractivity contribution < 1.29 is 89.0 Å². The van der Waals surface area contributed by atoms with Gasteiger partial charge in [-0.05, 0) is 45.1 Å². The van der Waals surface area contributed by atoms with Crippen LogP contribution in [0.25, 0.3) is 0 Å². The van der Waals surface area contributed by atoms with Crippen molar-refractivity contribution in [3.05, 3.63) is 16.0 Å². The minimum atomic E-state index is -8.81. The summed E-state index contributed by atoms with van der Waals surface area (Å²) in [5.74, 6) is -63.7. The summed E-state index contributed by atoms with van der Waals surface area (Å²) in [6, 6.07) is 0. The predicted octanol–water partition coefficient (Wildman–Crippen LogP) is 8.53. The first-order valence-corrected chi connectivity index (χ1v) is 12.6. The molecule has 0 bridgehead atoms. The first-order chi connectivity index (χ1) is 19.4. The largest absolute Gasteiger partial charge is 0.460 e. The molecule has 1 aromatic rings. The standard InChI is InChI=1S/C22H18F17NO3S/c1-8(2)43-13(41)11-9-6-4-3-5-7-10(9)44-12(11)40-14(42)15(23,24)16(25,26)17(27,28)18(29,30)19(31,32)20(33,34)21(35,36)22(37,38)39/h8H,3-7H2,1-2H3,(H,40,42). The number of carbonyl (C=O) groups is 2. The molecule has 0 saturated carbocycles. The zero-order valence-corrected chi connectivity index (χ0v) is 22.5. The Bertz CT molecular complexity index is 1250. The van der Waals surface area contributed by atoms with Crippen LogP contribution in [0.4, 0.5) is 79.6 Å². The van der Waals surface area contributed by atoms with Gasteiger partial charge in [0.25, 0.3) is 0 Å². The molecule has 1 N–H and O–H groups in total. The molecule has 0 spiro atoms. The summed E-state index contributed by atoms with van der Waals surface area (Å²) < 4.78 is 235. The van der Waals surface area contributed by atoms with Gasteiger partial charge in [-0.3, -0.25) is 4.79 Å². The third-order valence-electron chi connectivity index (χ3n) is 6.20. The summed E-state index contributed by atoms with van der Waals surface area (Å²) in [5.41, 5.74) is -0.710. The molecule has 4 nitrogen and oxygen atoms in total. The predicted molar refractivity (Wildman–Crippen MR) is 115 cm³/mol. The molecule has 1 aliphatic rings. The number of esters is 1. The number of hydrogen-bond acceptors (Lipinski definition) is 4. The van der Waals surface area contributed by atoms with Crippen LogP contribution < -0.4 is 5.32 Å². The van der Waals surface area contributed by atoms with Gasteiger partial charge in [0, 0.05) is 4.88 Å². The maximum absolute atomic E-state index is 14.5. The molecule has 0 aliphatic heterocycles. The Kier molecular flexibility index (Phi) is 9.71. The first-order valence-electron chi connectivity index (χ1n) is 11.8. The third kappa shape index (κ3) is 5.56. The fourth-order valence-electron chi connectivity index (χ4n) is 3.81. The molecule has 254 valence electrons. The number of aryl methyl sites for hydroxylation is 1. The highest BCUT2D eigenvalue weighted by Crippen LogP contribution is 2.64. The van der Waals surface area contributed by atoms with Crippen molar-refractivity contribution in [2.45, 2.75) is 99.7 Å². The van der Waals surface area contributed by atoms with Gasteiger partial charge in [0.2, 0.25) is 0 Å². The second-order valence-electron chi connectivity index (χ2n) is 9.70. The van der Waals surface area contributed by atoms with E-state index in [0.29, 0.717) is 19.3 Å². The molecular formula is C22H18F17NO3S. The van der Waals surface area contributed by atoms with Crippen molar-refractivity contribution in [1.82, 2.24) is 0 Å². The molecule has 0 saturated heterocycles. The quantitative estimate of drug-likeness (QED) is 0.151. The van der Waals surface area contributed by atoms with Gasteiger partial charge in [-0.15, -0.1) is 11.3 Å². The van der Waals surface area contributed by atoms with E-state index in [-0.39, 0.29) is 34.6 Å². The topological polar surface area (TPSA) is 55.4 Å². The van der Waals surface area contributed by atoms with Crippen LogP contribution in [0.1, 0.15) is 53.9 Å². The van der Waals surface area contributed by atoms with Gasteiger partial charge in [-0.25, -0.2) is 4.79 Å². The van der Waals surface area contributed by atoms with Gasteiger partial charge in [0.05, 0.1) is 11.7 Å². The Morgan fingerprint density at radius 3 is 1.55 bits per heavy atom. The van der Waals surface area contributed by atoms with Crippen molar-refractivity contribution in [2.75, 3.05) is 5.32 Å². The molecule has 2 rings (SSSR count). The number of nitrogens with one attached hydrogen (secondary N) is 1. The van der Waals surface area contributed by atoms with E-state index < -0.39 is 76.2 Å². The SMILES string of the molecule is CC(C)OC(=O)c1c(NC(=O)C(F)(F)C(F)(F)C(F)(F)C(F)(F)C(F)(F)C(F)(F)C(F)(F)C(F)(F)F)sc2c1CCCCC2. The van der Waals surface area contributed by atoms with Gasteiger partial charge in [-0.1, -0.05) is 6.42 Å². The number of carbonyl (C=O) groups excluding carboxylic acids is 2. The number of hydrogen-bond donors (Lipinski definition) is 1. The highest BCUT2D eigenvalue weighted by Gasteiger charge is 2.95. The summed E-state index contributed by atoms with van der Waals surface area (Å²) in [5, 5.41) is -0.192. The fraction of sp³-hybridized carbons (Fsp3) is 0.727. The lowest BCUT2D eigenvalue weighted by molar-refractivity contribution is -0.459. The Morgan fingerprint density at radius 1 is 0.659 bits per heavy atom. The maximum atomic E-state index is 14.5. The van der Waals surface area contributed by atoms with E-state index in [1.807, 2.05) is 0 Å². The number of anilines is 1. The molecule has 1 amide bonds. The van der Waals surface area contributed by atoms with E-state index in [9.17, 15) is 84.2 Å². The number of thiophene rings is 1. The van der Waals surface area contributed by atoms with Crippen LogP contribution in [-0.2, 0) is 22.4 Å². The summed E-state index contributed by atoms with van der Waals surface area (Å²) in [4.78, 5) is 24.9. The van der Waals surface area contributed by atoms with Crippen LogP contribution in [0.2, 0.25) is 0 Å². The lowest BCUT2D eigenvalue weighted by Gasteiger charge is -2.42. The molecule has 0 aromatic carbocycles. The number of amides is 1. The number of alkyl halides is 17. The number of ether oxygens (including phenoxy) is 1. The van der Waals surface area contributed by atoms with E-state index in [4.69, 9.17) is 4.74 Å². The molecule has 1 aromatic heterocycles. The molecule has 44 heavy (non-hydrogen) atoms. The van der Waals surface area contributed by atoms with Crippen molar-refractivity contribution >= 4 is 28.2 Å². The van der Waals surface area contributed by atoms with Crippen LogP contribution in [0.15, 0.2) is 0 Å². The average molecular weight is 699 g/mol. The lowest BCUT2D eigenvalue weighted by atomic mass is 9.89. The highest BCUT2D eigenvalue weighted by molar-refractivity contribution is 7.17. The molecule has 1 heterocycles. The first kappa shape index (κ1) is 37.6. The van der Waals surface area contributed by atoms with Crippen molar-refractivity contribution in [3.63, 3.8) is 0 Å².